The Morgan fingerprint density at radius 2 is 1.67 bits per heavy atom. The summed E-state index contributed by atoms with van der Waals surface area (Å²) < 4.78 is 4.65. The van der Waals surface area contributed by atoms with Crippen molar-refractivity contribution in [1.29, 1.82) is 0 Å². The van der Waals surface area contributed by atoms with E-state index in [-0.39, 0.29) is 17.4 Å². The van der Waals surface area contributed by atoms with Gasteiger partial charge in [0.25, 0.3) is 0 Å². The van der Waals surface area contributed by atoms with E-state index in [1.54, 1.807) is 26.0 Å². The summed E-state index contributed by atoms with van der Waals surface area (Å²) in [6.45, 7) is 4.69. The minimum atomic E-state index is -0.692. The Bertz CT molecular complexity index is 462. The number of hydrogen-bond donors (Lipinski definition) is 1. The van der Waals surface area contributed by atoms with E-state index in [9.17, 15) is 14.4 Å². The van der Waals surface area contributed by atoms with Crippen LogP contribution < -0.4 is 5.32 Å². The summed E-state index contributed by atoms with van der Waals surface area (Å²) in [7, 11) is 0. The first-order valence-electron chi connectivity index (χ1n) is 5.54. The summed E-state index contributed by atoms with van der Waals surface area (Å²) in [5.74, 6) is -1.80. The second-order valence-corrected chi connectivity index (χ2v) is 4.12. The van der Waals surface area contributed by atoms with E-state index in [1.807, 2.05) is 0 Å². The highest BCUT2D eigenvalue weighted by atomic mass is 16.6. The Morgan fingerprint density at radius 3 is 2.11 bits per heavy atom. The molecule has 0 aliphatic rings. The van der Waals surface area contributed by atoms with Gasteiger partial charge in [-0.25, -0.2) is 4.79 Å². The molecule has 0 heterocycles. The summed E-state index contributed by atoms with van der Waals surface area (Å²) in [4.78, 5) is 33.6. The Morgan fingerprint density at radius 1 is 1.11 bits per heavy atom. The van der Waals surface area contributed by atoms with Gasteiger partial charge >= 0.3 is 11.9 Å². The summed E-state index contributed by atoms with van der Waals surface area (Å²) in [6.07, 6.45) is 0. The first kappa shape index (κ1) is 13.9. The van der Waals surface area contributed by atoms with Gasteiger partial charge in [0, 0.05) is 12.6 Å². The third-order valence-electron chi connectivity index (χ3n) is 2.11. The van der Waals surface area contributed by atoms with E-state index in [0.29, 0.717) is 5.69 Å². The molecule has 0 radical (unpaired) electrons. The molecule has 1 N–H and O–H groups in total. The monoisotopic (exact) mass is 249 g/mol. The van der Waals surface area contributed by atoms with Crippen LogP contribution in [0.2, 0.25) is 0 Å². The van der Waals surface area contributed by atoms with E-state index >= 15 is 0 Å². The second-order valence-electron chi connectivity index (χ2n) is 4.12. The van der Waals surface area contributed by atoms with Crippen LogP contribution in [0.3, 0.4) is 0 Å². The number of amides is 1. The summed E-state index contributed by atoms with van der Waals surface area (Å²) in [6, 6.07) is 6.11. The molecule has 0 atom stereocenters. The smallest absolute Gasteiger partial charge is 0.345 e. The van der Waals surface area contributed by atoms with E-state index in [4.69, 9.17) is 0 Å². The number of ether oxygens (including phenoxy) is 1. The second kappa shape index (κ2) is 5.95. The number of anilines is 1. The molecule has 1 rings (SSSR count). The molecule has 0 saturated carbocycles. The van der Waals surface area contributed by atoms with Crippen molar-refractivity contribution in [3.63, 3.8) is 0 Å². The maximum absolute atomic E-state index is 11.6. The van der Waals surface area contributed by atoms with Gasteiger partial charge in [0.15, 0.2) is 0 Å². The SMILES string of the molecule is CC(=O)Nc1ccc(C(=O)OC(=O)C(C)C)cc1. The van der Waals surface area contributed by atoms with Crippen molar-refractivity contribution in [3.05, 3.63) is 29.8 Å². The molecule has 0 aliphatic heterocycles. The molecule has 0 unspecified atom stereocenters. The van der Waals surface area contributed by atoms with Crippen LogP contribution in [0.25, 0.3) is 0 Å². The minimum absolute atomic E-state index is 0.194. The summed E-state index contributed by atoms with van der Waals surface area (Å²) in [5, 5.41) is 2.57. The molecule has 0 aliphatic carbocycles. The van der Waals surface area contributed by atoms with Crippen molar-refractivity contribution in [2.24, 2.45) is 5.92 Å². The van der Waals surface area contributed by atoms with Crippen LogP contribution in [0.1, 0.15) is 31.1 Å². The Balaban J connectivity index is 2.70. The maximum Gasteiger partial charge on any atom is 0.345 e. The molecule has 0 saturated heterocycles. The van der Waals surface area contributed by atoms with Gasteiger partial charge in [-0.3, -0.25) is 9.59 Å². The Labute approximate surface area is 105 Å². The van der Waals surface area contributed by atoms with Gasteiger partial charge in [-0.15, -0.1) is 0 Å². The fraction of sp³-hybridized carbons (Fsp3) is 0.308. The van der Waals surface area contributed by atoms with Gasteiger partial charge in [-0.05, 0) is 24.3 Å². The van der Waals surface area contributed by atoms with Crippen LogP contribution in [0, 0.1) is 5.92 Å². The highest BCUT2D eigenvalue weighted by Gasteiger charge is 2.15. The first-order valence-corrected chi connectivity index (χ1v) is 5.54. The van der Waals surface area contributed by atoms with Crippen LogP contribution in [0.4, 0.5) is 5.69 Å². The molecule has 5 nitrogen and oxygen atoms in total. The molecule has 18 heavy (non-hydrogen) atoms. The summed E-state index contributed by atoms with van der Waals surface area (Å²) >= 11 is 0. The quantitative estimate of drug-likeness (QED) is 0.656. The Hall–Kier alpha value is -2.17. The van der Waals surface area contributed by atoms with Gasteiger partial charge in [-0.2, -0.15) is 0 Å². The number of carbonyl (C=O) groups excluding carboxylic acids is 3. The fourth-order valence-corrected chi connectivity index (χ4v) is 1.16. The van der Waals surface area contributed by atoms with Crippen molar-refractivity contribution < 1.29 is 19.1 Å². The van der Waals surface area contributed by atoms with Crippen LogP contribution in [-0.4, -0.2) is 17.8 Å². The molecule has 0 aromatic heterocycles. The normalized spacial score (nSPS) is 10.0. The van der Waals surface area contributed by atoms with Crippen molar-refractivity contribution in [2.75, 3.05) is 5.32 Å². The number of nitrogens with one attached hydrogen (secondary N) is 1. The van der Waals surface area contributed by atoms with E-state index in [2.05, 4.69) is 10.1 Å². The van der Waals surface area contributed by atoms with Gasteiger partial charge < -0.3 is 10.1 Å². The minimum Gasteiger partial charge on any atom is -0.389 e. The zero-order valence-corrected chi connectivity index (χ0v) is 10.5. The Kier molecular flexibility index (Phi) is 4.59. The molecule has 1 amide bonds. The number of benzene rings is 1. The van der Waals surface area contributed by atoms with Crippen LogP contribution >= 0.6 is 0 Å². The van der Waals surface area contributed by atoms with E-state index < -0.39 is 11.9 Å². The molecule has 96 valence electrons. The lowest BCUT2D eigenvalue weighted by Crippen LogP contribution is -2.17. The summed E-state index contributed by atoms with van der Waals surface area (Å²) in [5.41, 5.74) is 0.840. The molecule has 0 bridgehead atoms. The first-order chi connectivity index (χ1) is 8.40. The van der Waals surface area contributed by atoms with Crippen molar-refractivity contribution in [2.45, 2.75) is 20.8 Å². The van der Waals surface area contributed by atoms with Crippen LogP contribution in [0.15, 0.2) is 24.3 Å². The largest absolute Gasteiger partial charge is 0.389 e. The molecule has 5 heteroatoms. The zero-order chi connectivity index (χ0) is 13.7. The lowest BCUT2D eigenvalue weighted by molar-refractivity contribution is -0.141. The van der Waals surface area contributed by atoms with Gasteiger partial charge in [0.1, 0.15) is 0 Å². The highest BCUT2D eigenvalue weighted by molar-refractivity contribution is 5.97. The maximum atomic E-state index is 11.6. The van der Waals surface area contributed by atoms with Crippen molar-refractivity contribution in [3.8, 4) is 0 Å². The predicted molar refractivity (Wildman–Crippen MR) is 66.0 cm³/mol. The molecule has 0 spiro atoms. The van der Waals surface area contributed by atoms with Gasteiger partial charge in [0.2, 0.25) is 5.91 Å². The number of rotatable bonds is 3. The van der Waals surface area contributed by atoms with Crippen LogP contribution in [0.5, 0.6) is 0 Å². The molecular weight excluding hydrogens is 234 g/mol. The molecule has 0 fully saturated rings. The number of hydrogen-bond acceptors (Lipinski definition) is 4. The average Bonchev–Trinajstić information content (AvgIpc) is 2.28. The lowest BCUT2D eigenvalue weighted by Gasteiger charge is -2.06. The van der Waals surface area contributed by atoms with Crippen LogP contribution in [-0.2, 0) is 14.3 Å². The zero-order valence-electron chi connectivity index (χ0n) is 10.5. The van der Waals surface area contributed by atoms with Crippen molar-refractivity contribution in [1.82, 2.24) is 0 Å². The third kappa shape index (κ3) is 4.01. The number of carbonyl (C=O) groups is 3. The van der Waals surface area contributed by atoms with Gasteiger partial charge in [-0.1, -0.05) is 13.8 Å². The van der Waals surface area contributed by atoms with E-state index in [1.165, 1.54) is 19.1 Å². The standard InChI is InChI=1S/C13H15NO4/c1-8(2)12(16)18-13(17)10-4-6-11(7-5-10)14-9(3)15/h4-8H,1-3H3,(H,14,15). The topological polar surface area (TPSA) is 72.5 Å². The molecular formula is C13H15NO4. The molecule has 1 aromatic carbocycles. The van der Waals surface area contributed by atoms with E-state index in [0.717, 1.165) is 0 Å². The molecule has 1 aromatic rings. The van der Waals surface area contributed by atoms with Gasteiger partial charge in [0.05, 0.1) is 11.5 Å². The average molecular weight is 249 g/mol. The fourth-order valence-electron chi connectivity index (χ4n) is 1.16. The highest BCUT2D eigenvalue weighted by Crippen LogP contribution is 2.11. The predicted octanol–water partition coefficient (Wildman–Crippen LogP) is 1.98. The van der Waals surface area contributed by atoms with Crippen molar-refractivity contribution >= 4 is 23.5 Å². The third-order valence-corrected chi connectivity index (χ3v) is 2.11. The lowest BCUT2D eigenvalue weighted by atomic mass is 10.2. The number of esters is 2.